The van der Waals surface area contributed by atoms with Crippen LogP contribution < -0.4 is 4.74 Å². The third-order valence-corrected chi connectivity index (χ3v) is 2.66. The van der Waals surface area contributed by atoms with Crippen LogP contribution in [-0.4, -0.2) is 4.55 Å². The quantitative estimate of drug-likeness (QED) is 0.641. The van der Waals surface area contributed by atoms with Gasteiger partial charge in [0.2, 0.25) is 5.76 Å². The zero-order chi connectivity index (χ0) is 10.7. The molecule has 0 spiro atoms. The number of rotatable bonds is 3. The molecule has 0 saturated carbocycles. The molecule has 0 fully saturated rings. The van der Waals surface area contributed by atoms with Gasteiger partial charge in [0.25, 0.3) is 0 Å². The zero-order valence-electron chi connectivity index (χ0n) is 8.38. The molecule has 0 saturated heterocycles. The fourth-order valence-electron chi connectivity index (χ4n) is 1.40. The highest BCUT2D eigenvalue weighted by molar-refractivity contribution is 7.93. The van der Waals surface area contributed by atoms with Crippen LogP contribution in [0.25, 0.3) is 11.3 Å². The van der Waals surface area contributed by atoms with Gasteiger partial charge in [-0.2, -0.15) is 0 Å². The van der Waals surface area contributed by atoms with E-state index in [1.165, 1.54) is 0 Å². The molecule has 1 heterocycles. The minimum atomic E-state index is 0.704. The summed E-state index contributed by atoms with van der Waals surface area (Å²) in [5.74, 6) is 0.772. The second-order valence-electron chi connectivity index (χ2n) is 3.09. The van der Waals surface area contributed by atoms with Gasteiger partial charge in [0.05, 0.1) is 6.07 Å². The van der Waals surface area contributed by atoms with E-state index >= 15 is 0 Å². The van der Waals surface area contributed by atoms with Crippen LogP contribution in [0.3, 0.4) is 0 Å². The van der Waals surface area contributed by atoms with Gasteiger partial charge < -0.3 is 4.55 Å². The third kappa shape index (κ3) is 2.06. The van der Waals surface area contributed by atoms with E-state index in [0.29, 0.717) is 18.6 Å². The highest BCUT2D eigenvalue weighted by Gasteiger charge is 2.18. The lowest BCUT2D eigenvalue weighted by molar-refractivity contribution is -0.888. The number of aryl methyl sites for hydroxylation is 1. The fraction of sp³-hybridized carbons (Fsp3) is 0.182. The molecule has 0 atom stereocenters. The normalized spacial score (nSPS) is 10.5. The summed E-state index contributed by atoms with van der Waals surface area (Å²) in [6.07, 6.45) is 0. The highest BCUT2D eigenvalue weighted by Crippen LogP contribution is 2.22. The van der Waals surface area contributed by atoms with E-state index in [1.807, 2.05) is 43.3 Å². The van der Waals surface area contributed by atoms with Crippen molar-refractivity contribution in [3.05, 3.63) is 36.4 Å². The molecular weight excluding hydrogens is 210 g/mol. The molecular formula is C11H12NO2S+. The Morgan fingerprint density at radius 3 is 2.60 bits per heavy atom. The number of hydrogen-bond acceptors (Lipinski definition) is 3. The van der Waals surface area contributed by atoms with Crippen molar-refractivity contribution in [2.45, 2.75) is 18.5 Å². The van der Waals surface area contributed by atoms with Crippen LogP contribution in [-0.2, 0) is 6.54 Å². The molecule has 1 N–H and O–H groups in total. The molecule has 78 valence electrons. The highest BCUT2D eigenvalue weighted by atomic mass is 32.2. The lowest BCUT2D eigenvalue weighted by Gasteiger charge is -1.89. The average molecular weight is 222 g/mol. The van der Waals surface area contributed by atoms with Gasteiger partial charge in [-0.25, -0.2) is 4.52 Å². The molecule has 0 amide bonds. The molecule has 2 aromatic rings. The molecule has 1 aromatic heterocycles. The molecule has 0 radical (unpaired) electrons. The summed E-state index contributed by atoms with van der Waals surface area (Å²) in [5, 5.41) is 0.719. The molecule has 0 aliphatic rings. The fourth-order valence-corrected chi connectivity index (χ4v) is 1.82. The lowest BCUT2D eigenvalue weighted by Crippen LogP contribution is -2.31. The van der Waals surface area contributed by atoms with E-state index in [4.69, 9.17) is 9.08 Å². The minimum Gasteiger partial charge on any atom is -0.321 e. The molecule has 1 aromatic carbocycles. The van der Waals surface area contributed by atoms with Crippen molar-refractivity contribution in [2.75, 3.05) is 0 Å². The number of hydrogen-bond donors (Lipinski definition) is 1. The van der Waals surface area contributed by atoms with Crippen LogP contribution in [0, 0.1) is 0 Å². The Morgan fingerprint density at radius 1 is 1.33 bits per heavy atom. The number of nitrogens with zero attached hydrogens (tertiary/aromatic N) is 1. The number of aromatic nitrogens is 1. The largest absolute Gasteiger partial charge is 0.321 e. The van der Waals surface area contributed by atoms with Gasteiger partial charge in [0.1, 0.15) is 12.0 Å². The Hall–Kier alpha value is -1.26. The Morgan fingerprint density at radius 2 is 2.07 bits per heavy atom. The molecule has 3 nitrogen and oxygen atoms in total. The van der Waals surface area contributed by atoms with Crippen LogP contribution in [0.1, 0.15) is 6.92 Å². The Balaban J connectivity index is 2.42. The summed E-state index contributed by atoms with van der Waals surface area (Å²) in [6, 6.07) is 11.7. The van der Waals surface area contributed by atoms with Gasteiger partial charge in [-0.05, 0) is 11.7 Å². The summed E-state index contributed by atoms with van der Waals surface area (Å²) in [5.41, 5.74) is 1.01. The Bertz CT molecular complexity index is 418. The second-order valence-corrected chi connectivity index (χ2v) is 3.69. The smallest absolute Gasteiger partial charge is 0.315 e. The van der Waals surface area contributed by atoms with Gasteiger partial charge in [-0.15, -0.1) is 0 Å². The van der Waals surface area contributed by atoms with Crippen molar-refractivity contribution in [1.29, 1.82) is 0 Å². The SMILES string of the molecule is CC[n+]1oc(-c2ccccc2)cc1SO. The summed E-state index contributed by atoms with van der Waals surface area (Å²) < 4.78 is 16.3. The molecule has 0 bridgehead atoms. The van der Waals surface area contributed by atoms with Crippen molar-refractivity contribution in [2.24, 2.45) is 0 Å². The van der Waals surface area contributed by atoms with Gasteiger partial charge >= 0.3 is 5.03 Å². The first-order valence-corrected chi connectivity index (χ1v) is 5.53. The predicted molar refractivity (Wildman–Crippen MR) is 58.5 cm³/mol. The van der Waals surface area contributed by atoms with Crippen LogP contribution in [0.5, 0.6) is 0 Å². The topological polar surface area (TPSA) is 37.2 Å². The minimum absolute atomic E-state index is 0.704. The molecule has 15 heavy (non-hydrogen) atoms. The first kappa shape index (κ1) is 10.3. The predicted octanol–water partition coefficient (Wildman–Crippen LogP) is 2.82. The van der Waals surface area contributed by atoms with E-state index < -0.39 is 0 Å². The van der Waals surface area contributed by atoms with Gasteiger partial charge in [0.15, 0.2) is 6.54 Å². The summed E-state index contributed by atoms with van der Waals surface area (Å²) in [4.78, 5) is 0. The van der Waals surface area contributed by atoms with E-state index in [2.05, 4.69) is 0 Å². The first-order chi connectivity index (χ1) is 7.35. The van der Waals surface area contributed by atoms with Crippen molar-refractivity contribution in [3.63, 3.8) is 0 Å². The van der Waals surface area contributed by atoms with Crippen molar-refractivity contribution in [3.8, 4) is 11.3 Å². The molecule has 4 heteroatoms. The molecule has 0 unspecified atom stereocenters. The Labute approximate surface area is 92.5 Å². The summed E-state index contributed by atoms with van der Waals surface area (Å²) in [6.45, 7) is 2.67. The van der Waals surface area contributed by atoms with E-state index in [-0.39, 0.29) is 0 Å². The van der Waals surface area contributed by atoms with Gasteiger partial charge in [-0.3, -0.25) is 0 Å². The zero-order valence-corrected chi connectivity index (χ0v) is 9.20. The average Bonchev–Trinajstić information content (AvgIpc) is 2.73. The van der Waals surface area contributed by atoms with Crippen LogP contribution in [0.15, 0.2) is 45.9 Å². The maximum Gasteiger partial charge on any atom is 0.315 e. The second kappa shape index (κ2) is 4.51. The van der Waals surface area contributed by atoms with E-state index in [0.717, 1.165) is 16.3 Å². The maximum absolute atomic E-state index is 9.05. The summed E-state index contributed by atoms with van der Waals surface area (Å²) >= 11 is 0.705. The van der Waals surface area contributed by atoms with Crippen molar-refractivity contribution >= 4 is 12.0 Å². The molecule has 0 aliphatic carbocycles. The van der Waals surface area contributed by atoms with Crippen molar-refractivity contribution < 1.29 is 13.8 Å². The van der Waals surface area contributed by atoms with Crippen LogP contribution >= 0.6 is 12.0 Å². The Kier molecular flexibility index (Phi) is 3.08. The monoisotopic (exact) mass is 222 g/mol. The first-order valence-electron chi connectivity index (χ1n) is 4.76. The van der Waals surface area contributed by atoms with Gasteiger partial charge in [0, 0.05) is 5.56 Å². The molecule has 2 rings (SSSR count). The third-order valence-electron chi connectivity index (χ3n) is 2.15. The van der Waals surface area contributed by atoms with Gasteiger partial charge in [-0.1, -0.05) is 30.3 Å². The summed E-state index contributed by atoms with van der Waals surface area (Å²) in [7, 11) is 0. The van der Waals surface area contributed by atoms with Crippen LogP contribution in [0.2, 0.25) is 0 Å². The molecule has 0 aliphatic heterocycles. The van der Waals surface area contributed by atoms with E-state index in [9.17, 15) is 0 Å². The van der Waals surface area contributed by atoms with Crippen LogP contribution in [0.4, 0.5) is 0 Å². The number of benzene rings is 1. The maximum atomic E-state index is 9.05. The van der Waals surface area contributed by atoms with Crippen molar-refractivity contribution in [1.82, 2.24) is 0 Å². The lowest BCUT2D eigenvalue weighted by atomic mass is 10.2. The standard InChI is InChI=1S/C11H11NO2S/c1-2-12-11(15-13)8-10(14-12)9-6-4-3-5-7-9/h3-8H,2H2,1H3/p+1. The van der Waals surface area contributed by atoms with E-state index in [1.54, 1.807) is 4.74 Å².